The van der Waals surface area contributed by atoms with E-state index in [1.807, 2.05) is 13.8 Å². The van der Waals surface area contributed by atoms with Gasteiger partial charge in [-0.3, -0.25) is 9.59 Å². The van der Waals surface area contributed by atoms with Crippen molar-refractivity contribution in [3.05, 3.63) is 0 Å². The van der Waals surface area contributed by atoms with Crippen LogP contribution < -0.4 is 5.32 Å². The molecule has 0 aromatic rings. The number of aliphatic carboxylic acids is 1. The Morgan fingerprint density at radius 3 is 2.26 bits per heavy atom. The Bertz CT molecular complexity index is 328. The van der Waals surface area contributed by atoms with Gasteiger partial charge in [0, 0.05) is 0 Å². The second-order valence-corrected chi connectivity index (χ2v) is 4.55. The summed E-state index contributed by atoms with van der Waals surface area (Å²) in [5.74, 6) is -2.77. The molecule has 0 aromatic heterocycles. The molecule has 0 fully saturated rings. The van der Waals surface area contributed by atoms with Crippen LogP contribution in [0.3, 0.4) is 0 Å². The van der Waals surface area contributed by atoms with Crippen molar-refractivity contribution in [2.24, 2.45) is 5.92 Å². The summed E-state index contributed by atoms with van der Waals surface area (Å²) in [6.07, 6.45) is -1.54. The highest BCUT2D eigenvalue weighted by molar-refractivity contribution is 5.88. The largest absolute Gasteiger partial charge is 0.480 e. The van der Waals surface area contributed by atoms with Crippen LogP contribution >= 0.6 is 0 Å². The quantitative estimate of drug-likeness (QED) is 0.534. The van der Waals surface area contributed by atoms with Gasteiger partial charge < -0.3 is 20.3 Å². The fourth-order valence-electron chi connectivity index (χ4n) is 1.41. The predicted molar refractivity (Wildman–Crippen MR) is 66.3 cm³/mol. The first kappa shape index (κ1) is 17.4. The second kappa shape index (κ2) is 8.47. The van der Waals surface area contributed by atoms with Gasteiger partial charge in [-0.25, -0.2) is 4.79 Å². The fourth-order valence-corrected chi connectivity index (χ4v) is 1.41. The van der Waals surface area contributed by atoms with Crippen LogP contribution in [0.5, 0.6) is 0 Å². The lowest BCUT2D eigenvalue weighted by molar-refractivity contribution is -0.150. The zero-order valence-electron chi connectivity index (χ0n) is 11.4. The van der Waals surface area contributed by atoms with Gasteiger partial charge in [0.05, 0.1) is 13.0 Å². The standard InChI is InChI=1S/C12H21NO6/c1-4-19-10(15)6-8(12(17)18)13-11(16)9(14)5-7(2)3/h7-9,14H,4-6H2,1-3H3,(H,13,16)(H,17,18)/t8-,9-/m1/s1. The zero-order chi connectivity index (χ0) is 15.0. The average Bonchev–Trinajstić information content (AvgIpc) is 2.27. The first-order valence-electron chi connectivity index (χ1n) is 6.14. The lowest BCUT2D eigenvalue weighted by atomic mass is 10.1. The molecule has 0 heterocycles. The van der Waals surface area contributed by atoms with E-state index in [2.05, 4.69) is 10.1 Å². The molecule has 7 nitrogen and oxygen atoms in total. The number of nitrogens with one attached hydrogen (secondary N) is 1. The molecule has 3 N–H and O–H groups in total. The predicted octanol–water partition coefficient (Wildman–Crippen LogP) is -0.0840. The van der Waals surface area contributed by atoms with Crippen molar-refractivity contribution in [3.63, 3.8) is 0 Å². The Labute approximate surface area is 111 Å². The van der Waals surface area contributed by atoms with Gasteiger partial charge in [-0.1, -0.05) is 13.8 Å². The Morgan fingerprint density at radius 2 is 1.84 bits per heavy atom. The van der Waals surface area contributed by atoms with E-state index < -0.39 is 36.4 Å². The highest BCUT2D eigenvalue weighted by Gasteiger charge is 2.27. The number of amides is 1. The van der Waals surface area contributed by atoms with Gasteiger partial charge in [0.15, 0.2) is 0 Å². The van der Waals surface area contributed by atoms with Crippen LogP contribution in [0, 0.1) is 5.92 Å². The second-order valence-electron chi connectivity index (χ2n) is 4.55. The van der Waals surface area contributed by atoms with Crippen molar-refractivity contribution < 1.29 is 29.3 Å². The molecule has 0 unspecified atom stereocenters. The maximum atomic E-state index is 11.6. The maximum absolute atomic E-state index is 11.6. The molecule has 0 aromatic carbocycles. The highest BCUT2D eigenvalue weighted by Crippen LogP contribution is 2.05. The van der Waals surface area contributed by atoms with Gasteiger partial charge in [-0.15, -0.1) is 0 Å². The van der Waals surface area contributed by atoms with Gasteiger partial charge in [-0.05, 0) is 19.3 Å². The summed E-state index contributed by atoms with van der Waals surface area (Å²) in [6, 6.07) is -1.40. The summed E-state index contributed by atoms with van der Waals surface area (Å²) in [7, 11) is 0. The molecule has 7 heteroatoms. The summed E-state index contributed by atoms with van der Waals surface area (Å²) in [5, 5.41) is 20.6. The average molecular weight is 275 g/mol. The van der Waals surface area contributed by atoms with Crippen molar-refractivity contribution >= 4 is 17.8 Å². The Morgan fingerprint density at radius 1 is 1.26 bits per heavy atom. The molecule has 0 aliphatic heterocycles. The van der Waals surface area contributed by atoms with Gasteiger partial charge in [0.1, 0.15) is 12.1 Å². The molecule has 2 atom stereocenters. The van der Waals surface area contributed by atoms with E-state index >= 15 is 0 Å². The van der Waals surface area contributed by atoms with Crippen molar-refractivity contribution in [1.29, 1.82) is 0 Å². The van der Waals surface area contributed by atoms with E-state index in [1.54, 1.807) is 6.92 Å². The lowest BCUT2D eigenvalue weighted by Gasteiger charge is -2.17. The molecule has 0 saturated heterocycles. The van der Waals surface area contributed by atoms with E-state index in [0.29, 0.717) is 0 Å². The van der Waals surface area contributed by atoms with Crippen molar-refractivity contribution in [3.8, 4) is 0 Å². The molecule has 1 amide bonds. The molecule has 110 valence electrons. The molecule has 0 aliphatic carbocycles. The number of hydrogen-bond donors (Lipinski definition) is 3. The van der Waals surface area contributed by atoms with E-state index in [1.165, 1.54) is 0 Å². The first-order chi connectivity index (χ1) is 8.77. The van der Waals surface area contributed by atoms with Crippen molar-refractivity contribution in [2.45, 2.75) is 45.8 Å². The third-order valence-electron chi connectivity index (χ3n) is 2.29. The molecule has 19 heavy (non-hydrogen) atoms. The van der Waals surface area contributed by atoms with Crippen LogP contribution in [0.15, 0.2) is 0 Å². The molecule has 0 spiro atoms. The minimum atomic E-state index is -1.40. The van der Waals surface area contributed by atoms with Crippen molar-refractivity contribution in [1.82, 2.24) is 5.32 Å². The van der Waals surface area contributed by atoms with E-state index in [9.17, 15) is 19.5 Å². The number of rotatable bonds is 8. The summed E-state index contributed by atoms with van der Waals surface area (Å²) in [5.41, 5.74) is 0. The smallest absolute Gasteiger partial charge is 0.326 e. The molecule has 0 bridgehead atoms. The number of carbonyl (C=O) groups is 3. The van der Waals surface area contributed by atoms with Gasteiger partial charge in [0.25, 0.3) is 0 Å². The normalized spacial score (nSPS) is 13.7. The topological polar surface area (TPSA) is 113 Å². The number of carbonyl (C=O) groups excluding carboxylic acids is 2. The van der Waals surface area contributed by atoms with Gasteiger partial charge in [-0.2, -0.15) is 0 Å². The number of carboxylic acid groups (broad SMARTS) is 1. The number of hydrogen-bond acceptors (Lipinski definition) is 5. The third-order valence-corrected chi connectivity index (χ3v) is 2.29. The van der Waals surface area contributed by atoms with Crippen LogP contribution in [0.1, 0.15) is 33.6 Å². The Balaban J connectivity index is 4.46. The first-order valence-corrected chi connectivity index (χ1v) is 6.14. The number of ether oxygens (including phenoxy) is 1. The summed E-state index contributed by atoms with van der Waals surface area (Å²) in [4.78, 5) is 33.7. The van der Waals surface area contributed by atoms with Crippen molar-refractivity contribution in [2.75, 3.05) is 6.61 Å². The minimum absolute atomic E-state index is 0.0917. The molecular formula is C12H21NO6. The highest BCUT2D eigenvalue weighted by atomic mass is 16.5. The van der Waals surface area contributed by atoms with Crippen LogP contribution in [0.2, 0.25) is 0 Å². The zero-order valence-corrected chi connectivity index (χ0v) is 11.4. The third kappa shape index (κ3) is 7.40. The summed E-state index contributed by atoms with van der Waals surface area (Å²) < 4.78 is 4.61. The van der Waals surface area contributed by atoms with Crippen LogP contribution in [0.25, 0.3) is 0 Å². The number of aliphatic hydroxyl groups excluding tert-OH is 1. The number of aliphatic hydroxyl groups is 1. The van der Waals surface area contributed by atoms with E-state index in [-0.39, 0.29) is 18.9 Å². The molecular weight excluding hydrogens is 254 g/mol. The van der Waals surface area contributed by atoms with Crippen LogP contribution in [0.4, 0.5) is 0 Å². The summed E-state index contributed by atoms with van der Waals surface area (Å²) in [6.45, 7) is 5.38. The monoisotopic (exact) mass is 275 g/mol. The van der Waals surface area contributed by atoms with Gasteiger partial charge in [0.2, 0.25) is 5.91 Å². The lowest BCUT2D eigenvalue weighted by Crippen LogP contribution is -2.47. The van der Waals surface area contributed by atoms with Gasteiger partial charge >= 0.3 is 11.9 Å². The maximum Gasteiger partial charge on any atom is 0.326 e. The fraction of sp³-hybridized carbons (Fsp3) is 0.750. The molecule has 0 aliphatic rings. The SMILES string of the molecule is CCOC(=O)C[C@@H](NC(=O)[C@H](O)CC(C)C)C(=O)O. The van der Waals surface area contributed by atoms with E-state index in [0.717, 1.165) is 0 Å². The number of carboxylic acids is 1. The van der Waals surface area contributed by atoms with E-state index in [4.69, 9.17) is 5.11 Å². The van der Waals surface area contributed by atoms with Crippen LogP contribution in [-0.4, -0.2) is 46.8 Å². The van der Waals surface area contributed by atoms with Crippen LogP contribution in [-0.2, 0) is 19.1 Å². The molecule has 0 saturated carbocycles. The molecule has 0 rings (SSSR count). The molecule has 0 radical (unpaired) electrons. The Hall–Kier alpha value is -1.63. The minimum Gasteiger partial charge on any atom is -0.480 e. The Kier molecular flexibility index (Phi) is 7.74. The summed E-state index contributed by atoms with van der Waals surface area (Å²) >= 11 is 0. The number of esters is 1.